The number of rotatable bonds is 2. The average Bonchev–Trinajstić information content (AvgIpc) is 2.63. The van der Waals surface area contributed by atoms with Crippen molar-refractivity contribution < 1.29 is 17.5 Å². The molecule has 0 amide bonds. The van der Waals surface area contributed by atoms with Crippen LogP contribution in [0.3, 0.4) is 0 Å². The van der Waals surface area contributed by atoms with Crippen LogP contribution in [0.1, 0.15) is 5.56 Å². The van der Waals surface area contributed by atoms with Gasteiger partial charge in [0.05, 0.1) is 23.0 Å². The third-order valence-corrected chi connectivity index (χ3v) is 5.28. The van der Waals surface area contributed by atoms with Crippen molar-refractivity contribution >= 4 is 15.9 Å². The molecule has 4 nitrogen and oxygen atoms in total. The van der Waals surface area contributed by atoms with Crippen molar-refractivity contribution in [3.8, 4) is 0 Å². The number of nitrogens with zero attached hydrogens (tertiary/aromatic N) is 1. The van der Waals surface area contributed by atoms with Gasteiger partial charge in [0.15, 0.2) is 0 Å². The molecule has 0 N–H and O–H groups in total. The number of sulfone groups is 1. The zero-order chi connectivity index (χ0) is 13.5. The lowest BCUT2D eigenvalue weighted by molar-refractivity contribution is 0.0430. The number of benzene rings is 1. The molecule has 0 unspecified atom stereocenters. The Morgan fingerprint density at radius 3 is 2.74 bits per heavy atom. The normalized spacial score (nSPS) is 22.1. The summed E-state index contributed by atoms with van der Waals surface area (Å²) in [5, 5.41) is 0. The van der Waals surface area contributed by atoms with Crippen molar-refractivity contribution in [3.05, 3.63) is 34.5 Å². The molecule has 2 aliphatic heterocycles. The van der Waals surface area contributed by atoms with E-state index in [1.54, 1.807) is 6.08 Å². The van der Waals surface area contributed by atoms with Crippen molar-refractivity contribution in [2.24, 2.45) is 0 Å². The molecule has 1 aromatic rings. The van der Waals surface area contributed by atoms with Gasteiger partial charge in [0.2, 0.25) is 9.84 Å². The third-order valence-electron chi connectivity index (χ3n) is 3.41. The van der Waals surface area contributed by atoms with Gasteiger partial charge in [0.1, 0.15) is 5.82 Å². The van der Waals surface area contributed by atoms with Gasteiger partial charge in [-0.05, 0) is 23.8 Å². The van der Waals surface area contributed by atoms with Crippen LogP contribution in [0.2, 0.25) is 0 Å². The van der Waals surface area contributed by atoms with E-state index >= 15 is 0 Å². The maximum Gasteiger partial charge on any atom is 0.204 e. The highest BCUT2D eigenvalue weighted by Crippen LogP contribution is 2.33. The molecule has 102 valence electrons. The van der Waals surface area contributed by atoms with Gasteiger partial charge in [-0.1, -0.05) is 6.07 Å². The van der Waals surface area contributed by atoms with E-state index in [0.717, 1.165) is 19.2 Å². The third kappa shape index (κ3) is 2.31. The molecule has 0 saturated carbocycles. The van der Waals surface area contributed by atoms with Gasteiger partial charge in [-0.3, -0.25) is 4.90 Å². The summed E-state index contributed by atoms with van der Waals surface area (Å²) in [6.07, 6.45) is 1.64. The van der Waals surface area contributed by atoms with E-state index in [0.29, 0.717) is 30.2 Å². The van der Waals surface area contributed by atoms with E-state index in [4.69, 9.17) is 4.74 Å². The molecule has 1 fully saturated rings. The summed E-state index contributed by atoms with van der Waals surface area (Å²) in [6.45, 7) is 3.04. The Morgan fingerprint density at radius 2 is 2.00 bits per heavy atom. The molecule has 3 rings (SSSR count). The van der Waals surface area contributed by atoms with Crippen LogP contribution in [0.5, 0.6) is 0 Å². The maximum atomic E-state index is 13.2. The fraction of sp³-hybridized carbons (Fsp3) is 0.385. The molecule has 0 atom stereocenters. The molecule has 2 heterocycles. The van der Waals surface area contributed by atoms with Crippen LogP contribution in [0.4, 0.5) is 4.39 Å². The predicted molar refractivity (Wildman–Crippen MR) is 68.8 cm³/mol. The van der Waals surface area contributed by atoms with Crippen molar-refractivity contribution in [3.63, 3.8) is 0 Å². The maximum absolute atomic E-state index is 13.2. The van der Waals surface area contributed by atoms with Gasteiger partial charge >= 0.3 is 0 Å². The number of hydrogen-bond donors (Lipinski definition) is 0. The summed E-state index contributed by atoms with van der Waals surface area (Å²) < 4.78 is 43.0. The molecule has 6 heteroatoms. The van der Waals surface area contributed by atoms with Crippen LogP contribution in [0.15, 0.2) is 28.0 Å². The zero-order valence-corrected chi connectivity index (χ0v) is 11.1. The van der Waals surface area contributed by atoms with Gasteiger partial charge in [-0.15, -0.1) is 0 Å². The van der Waals surface area contributed by atoms with E-state index in [1.807, 2.05) is 4.90 Å². The smallest absolute Gasteiger partial charge is 0.204 e. The largest absolute Gasteiger partial charge is 0.379 e. The molecule has 1 aromatic carbocycles. The fourth-order valence-electron chi connectivity index (χ4n) is 2.36. The second-order valence-electron chi connectivity index (χ2n) is 4.68. The van der Waals surface area contributed by atoms with Gasteiger partial charge < -0.3 is 4.74 Å². The van der Waals surface area contributed by atoms with Crippen molar-refractivity contribution in [1.82, 2.24) is 4.90 Å². The second kappa shape index (κ2) is 4.70. The second-order valence-corrected chi connectivity index (χ2v) is 6.66. The first kappa shape index (κ1) is 12.8. The van der Waals surface area contributed by atoms with E-state index in [1.165, 1.54) is 12.1 Å². The molecule has 19 heavy (non-hydrogen) atoms. The molecule has 0 aromatic heterocycles. The molecule has 0 radical (unpaired) electrons. The minimum absolute atomic E-state index is 0.0794. The fourth-order valence-corrected chi connectivity index (χ4v) is 3.98. The van der Waals surface area contributed by atoms with Crippen LogP contribution in [0, 0.1) is 5.82 Å². The predicted octanol–water partition coefficient (Wildman–Crippen LogP) is 1.29. The Labute approximate surface area is 111 Å². The van der Waals surface area contributed by atoms with Gasteiger partial charge in [0.25, 0.3) is 0 Å². The van der Waals surface area contributed by atoms with Gasteiger partial charge in [-0.2, -0.15) is 0 Å². The Balaban J connectivity index is 1.88. The number of halogens is 1. The summed E-state index contributed by atoms with van der Waals surface area (Å²) in [5.74, 6) is -0.525. The lowest BCUT2D eigenvalue weighted by atomic mass is 10.2. The first-order chi connectivity index (χ1) is 9.07. The molecule has 0 bridgehead atoms. The molecular formula is C13H14FNO3S. The summed E-state index contributed by atoms with van der Waals surface area (Å²) in [5.41, 5.74) is 0.574. The zero-order valence-electron chi connectivity index (χ0n) is 10.3. The topological polar surface area (TPSA) is 46.6 Å². The standard InChI is InChI=1S/C13H14FNO3S/c14-11-2-1-10-7-12(19(16,17)13(10)8-11)9-15-3-5-18-6-4-15/h1-2,7-8H,3-6,9H2. The van der Waals surface area contributed by atoms with E-state index in [-0.39, 0.29) is 4.90 Å². The number of hydrogen-bond acceptors (Lipinski definition) is 4. The van der Waals surface area contributed by atoms with E-state index in [9.17, 15) is 12.8 Å². The molecule has 2 aliphatic rings. The van der Waals surface area contributed by atoms with Crippen LogP contribution in [-0.4, -0.2) is 46.2 Å². The lowest BCUT2D eigenvalue weighted by Crippen LogP contribution is -2.38. The van der Waals surface area contributed by atoms with E-state index in [2.05, 4.69) is 0 Å². The highest BCUT2D eigenvalue weighted by Gasteiger charge is 2.31. The molecular weight excluding hydrogens is 269 g/mol. The molecule has 0 aliphatic carbocycles. The monoisotopic (exact) mass is 283 g/mol. The van der Waals surface area contributed by atoms with Crippen LogP contribution >= 0.6 is 0 Å². The van der Waals surface area contributed by atoms with Crippen molar-refractivity contribution in [1.29, 1.82) is 0 Å². The summed E-state index contributed by atoms with van der Waals surface area (Å²) in [7, 11) is -3.53. The van der Waals surface area contributed by atoms with Gasteiger partial charge in [-0.25, -0.2) is 12.8 Å². The highest BCUT2D eigenvalue weighted by molar-refractivity contribution is 7.95. The Hall–Kier alpha value is -1.24. The SMILES string of the molecule is O=S1(=O)C(CN2CCOCC2)=Cc2ccc(F)cc21. The Bertz CT molecular complexity index is 633. The quantitative estimate of drug-likeness (QED) is 0.820. The summed E-state index contributed by atoms with van der Waals surface area (Å²) >= 11 is 0. The number of morpholine rings is 1. The average molecular weight is 283 g/mol. The first-order valence-electron chi connectivity index (χ1n) is 6.13. The van der Waals surface area contributed by atoms with Crippen LogP contribution < -0.4 is 0 Å². The number of ether oxygens (including phenoxy) is 1. The molecule has 0 spiro atoms. The Kier molecular flexibility index (Phi) is 3.16. The molecule has 1 saturated heterocycles. The number of fused-ring (bicyclic) bond motifs is 1. The highest BCUT2D eigenvalue weighted by atomic mass is 32.2. The van der Waals surface area contributed by atoms with E-state index < -0.39 is 15.7 Å². The van der Waals surface area contributed by atoms with Gasteiger partial charge in [0, 0.05) is 19.6 Å². The van der Waals surface area contributed by atoms with Crippen LogP contribution in [-0.2, 0) is 14.6 Å². The summed E-state index contributed by atoms with van der Waals surface area (Å²) in [6, 6.07) is 3.88. The Morgan fingerprint density at radius 1 is 1.26 bits per heavy atom. The minimum atomic E-state index is -3.53. The minimum Gasteiger partial charge on any atom is -0.379 e. The van der Waals surface area contributed by atoms with Crippen molar-refractivity contribution in [2.75, 3.05) is 32.8 Å². The lowest BCUT2D eigenvalue weighted by Gasteiger charge is -2.26. The van der Waals surface area contributed by atoms with Crippen molar-refractivity contribution in [2.45, 2.75) is 4.90 Å². The summed E-state index contributed by atoms with van der Waals surface area (Å²) in [4.78, 5) is 2.46. The first-order valence-corrected chi connectivity index (χ1v) is 7.61. The van der Waals surface area contributed by atoms with Crippen LogP contribution in [0.25, 0.3) is 6.08 Å².